The van der Waals surface area contributed by atoms with Crippen LogP contribution in [0.1, 0.15) is 11.8 Å². The maximum absolute atomic E-state index is 11.5. The van der Waals surface area contributed by atoms with Crippen LogP contribution < -0.4 is 5.73 Å². The Morgan fingerprint density at radius 1 is 1.77 bits per heavy atom. The Labute approximate surface area is 93.1 Å². The average Bonchev–Trinajstić information content (AvgIpc) is 2.34. The summed E-state index contributed by atoms with van der Waals surface area (Å²) in [5, 5.41) is 1.99. The lowest BCUT2D eigenvalue weighted by molar-refractivity contribution is 0.676. The minimum absolute atomic E-state index is 0.0135. The lowest BCUT2D eigenvalue weighted by atomic mass is 10.4. The Morgan fingerprint density at radius 2 is 2.46 bits per heavy atom. The molecule has 0 aliphatic carbocycles. The van der Waals surface area contributed by atoms with Crippen LogP contribution in [0, 0.1) is 0 Å². The van der Waals surface area contributed by atoms with Gasteiger partial charge in [0.2, 0.25) is 0 Å². The number of thiophene rings is 1. The maximum atomic E-state index is 11.5. The number of hydrogen-bond acceptors (Lipinski definition) is 3. The summed E-state index contributed by atoms with van der Waals surface area (Å²) in [6, 6.07) is 1.99. The molecular formula is C8H12BrNOS2. The zero-order valence-corrected chi connectivity index (χ0v) is 10.5. The molecule has 0 radical (unpaired) electrons. The number of rotatable bonds is 4. The van der Waals surface area contributed by atoms with E-state index < -0.39 is 10.8 Å². The van der Waals surface area contributed by atoms with Crippen molar-refractivity contribution in [1.82, 2.24) is 0 Å². The van der Waals surface area contributed by atoms with Crippen LogP contribution in [-0.4, -0.2) is 16.0 Å². The minimum atomic E-state index is -0.834. The second-order valence-electron chi connectivity index (χ2n) is 2.92. The Hall–Kier alpha value is 0.290. The molecule has 0 bridgehead atoms. The predicted octanol–water partition coefficient (Wildman–Crippen LogP) is 2.11. The van der Waals surface area contributed by atoms with E-state index in [1.807, 2.05) is 18.4 Å². The number of halogens is 1. The highest BCUT2D eigenvalue weighted by Crippen LogP contribution is 2.23. The van der Waals surface area contributed by atoms with Gasteiger partial charge in [-0.3, -0.25) is 4.21 Å². The molecule has 0 spiro atoms. The average molecular weight is 282 g/mol. The molecule has 1 aromatic rings. The van der Waals surface area contributed by atoms with Crippen molar-refractivity contribution in [2.75, 3.05) is 5.75 Å². The first kappa shape index (κ1) is 11.4. The van der Waals surface area contributed by atoms with E-state index in [2.05, 4.69) is 15.9 Å². The van der Waals surface area contributed by atoms with E-state index in [0.29, 0.717) is 11.5 Å². The van der Waals surface area contributed by atoms with Gasteiger partial charge in [-0.1, -0.05) is 0 Å². The lowest BCUT2D eigenvalue weighted by Crippen LogP contribution is -2.23. The van der Waals surface area contributed by atoms with Crippen molar-refractivity contribution in [3.8, 4) is 0 Å². The van der Waals surface area contributed by atoms with Crippen LogP contribution in [-0.2, 0) is 16.6 Å². The standard InChI is InChI=1S/C8H12BrNOS2/c1-6(10)4-13(11)5-8-7(9)2-3-12-8/h2-3,6H,4-5,10H2,1H3. The largest absolute Gasteiger partial charge is 0.327 e. The summed E-state index contributed by atoms with van der Waals surface area (Å²) in [6.07, 6.45) is 0. The Bertz CT molecular complexity index is 298. The van der Waals surface area contributed by atoms with Gasteiger partial charge in [0.1, 0.15) is 0 Å². The van der Waals surface area contributed by atoms with Crippen LogP contribution in [0.15, 0.2) is 15.9 Å². The van der Waals surface area contributed by atoms with Crippen molar-refractivity contribution in [3.05, 3.63) is 20.8 Å². The first-order valence-corrected chi connectivity index (χ1v) is 7.08. The molecule has 1 heterocycles. The molecule has 2 N–H and O–H groups in total. The third-order valence-electron chi connectivity index (χ3n) is 1.43. The number of nitrogens with two attached hydrogens (primary N) is 1. The highest BCUT2D eigenvalue weighted by molar-refractivity contribution is 9.10. The summed E-state index contributed by atoms with van der Waals surface area (Å²) >= 11 is 5.03. The van der Waals surface area contributed by atoms with Gasteiger partial charge in [0.15, 0.2) is 0 Å². The minimum Gasteiger partial charge on any atom is -0.327 e. The van der Waals surface area contributed by atoms with E-state index in [1.54, 1.807) is 11.3 Å². The fourth-order valence-electron chi connectivity index (χ4n) is 0.926. The summed E-state index contributed by atoms with van der Waals surface area (Å²) in [4.78, 5) is 1.14. The summed E-state index contributed by atoms with van der Waals surface area (Å²) in [6.45, 7) is 1.88. The summed E-state index contributed by atoms with van der Waals surface area (Å²) in [7, 11) is -0.834. The van der Waals surface area contributed by atoms with Crippen LogP contribution in [0.3, 0.4) is 0 Å². The maximum Gasteiger partial charge on any atom is 0.0591 e. The second kappa shape index (κ2) is 5.24. The van der Waals surface area contributed by atoms with E-state index in [1.165, 1.54) is 0 Å². The van der Waals surface area contributed by atoms with E-state index in [0.717, 1.165) is 9.35 Å². The third kappa shape index (κ3) is 3.89. The van der Waals surface area contributed by atoms with Gasteiger partial charge in [-0.15, -0.1) is 11.3 Å². The topological polar surface area (TPSA) is 43.1 Å². The zero-order chi connectivity index (χ0) is 9.84. The van der Waals surface area contributed by atoms with E-state index in [9.17, 15) is 4.21 Å². The molecule has 74 valence electrons. The smallest absolute Gasteiger partial charge is 0.0591 e. The molecule has 0 saturated carbocycles. The predicted molar refractivity (Wildman–Crippen MR) is 62.4 cm³/mol. The summed E-state index contributed by atoms with van der Waals surface area (Å²) in [5.74, 6) is 1.18. The Balaban J connectivity index is 2.50. The molecule has 5 heteroatoms. The molecule has 0 saturated heterocycles. The summed E-state index contributed by atoms with van der Waals surface area (Å²) in [5.41, 5.74) is 5.56. The van der Waals surface area contributed by atoms with Crippen LogP contribution >= 0.6 is 27.3 Å². The Kier molecular flexibility index (Phi) is 4.58. The van der Waals surface area contributed by atoms with Gasteiger partial charge in [-0.05, 0) is 34.3 Å². The first-order chi connectivity index (χ1) is 6.09. The first-order valence-electron chi connectivity index (χ1n) is 3.92. The molecule has 1 aromatic heterocycles. The molecule has 2 atom stereocenters. The third-order valence-corrected chi connectivity index (χ3v) is 5.05. The van der Waals surface area contributed by atoms with Gasteiger partial charge in [0.05, 0.1) is 5.75 Å². The molecule has 0 amide bonds. The normalized spacial score (nSPS) is 15.6. The van der Waals surface area contributed by atoms with Gasteiger partial charge in [-0.2, -0.15) is 0 Å². The second-order valence-corrected chi connectivity index (χ2v) is 6.28. The van der Waals surface area contributed by atoms with Crippen molar-refractivity contribution in [3.63, 3.8) is 0 Å². The van der Waals surface area contributed by atoms with Crippen molar-refractivity contribution < 1.29 is 4.21 Å². The van der Waals surface area contributed by atoms with Crippen LogP contribution in [0.5, 0.6) is 0 Å². The highest BCUT2D eigenvalue weighted by atomic mass is 79.9. The van der Waals surface area contributed by atoms with Crippen LogP contribution in [0.2, 0.25) is 0 Å². The van der Waals surface area contributed by atoms with E-state index >= 15 is 0 Å². The fraction of sp³-hybridized carbons (Fsp3) is 0.500. The SMILES string of the molecule is CC(N)CS(=O)Cc1sccc1Br. The molecular weight excluding hydrogens is 270 g/mol. The van der Waals surface area contributed by atoms with E-state index in [4.69, 9.17) is 5.73 Å². The molecule has 0 aromatic carbocycles. The fourth-order valence-corrected chi connectivity index (χ4v) is 4.21. The monoisotopic (exact) mass is 281 g/mol. The van der Waals surface area contributed by atoms with Gasteiger partial charge < -0.3 is 5.73 Å². The molecule has 0 fully saturated rings. The van der Waals surface area contributed by atoms with Crippen molar-refractivity contribution >= 4 is 38.1 Å². The van der Waals surface area contributed by atoms with Crippen molar-refractivity contribution in [2.24, 2.45) is 5.73 Å². The molecule has 13 heavy (non-hydrogen) atoms. The van der Waals surface area contributed by atoms with E-state index in [-0.39, 0.29) is 6.04 Å². The number of hydrogen-bond donors (Lipinski definition) is 1. The Morgan fingerprint density at radius 3 is 2.92 bits per heavy atom. The molecule has 0 aliphatic heterocycles. The van der Waals surface area contributed by atoms with Gasteiger partial charge >= 0.3 is 0 Å². The molecule has 2 nitrogen and oxygen atoms in total. The van der Waals surface area contributed by atoms with Crippen LogP contribution in [0.25, 0.3) is 0 Å². The zero-order valence-electron chi connectivity index (χ0n) is 7.33. The van der Waals surface area contributed by atoms with Gasteiger partial charge in [-0.25, -0.2) is 0 Å². The van der Waals surface area contributed by atoms with Crippen molar-refractivity contribution in [1.29, 1.82) is 0 Å². The van der Waals surface area contributed by atoms with Gasteiger partial charge in [0.25, 0.3) is 0 Å². The highest BCUT2D eigenvalue weighted by Gasteiger charge is 2.08. The van der Waals surface area contributed by atoms with Gasteiger partial charge in [0, 0.05) is 31.9 Å². The van der Waals surface area contributed by atoms with Crippen molar-refractivity contribution in [2.45, 2.75) is 18.7 Å². The lowest BCUT2D eigenvalue weighted by Gasteiger charge is -2.03. The quantitative estimate of drug-likeness (QED) is 0.919. The molecule has 1 rings (SSSR count). The van der Waals surface area contributed by atoms with Crippen LogP contribution in [0.4, 0.5) is 0 Å². The summed E-state index contributed by atoms with van der Waals surface area (Å²) < 4.78 is 12.5. The molecule has 2 unspecified atom stereocenters. The molecule has 0 aliphatic rings.